The highest BCUT2D eigenvalue weighted by molar-refractivity contribution is 5.90. The van der Waals surface area contributed by atoms with E-state index in [0.29, 0.717) is 6.42 Å². The molecule has 1 aliphatic rings. The van der Waals surface area contributed by atoms with Gasteiger partial charge in [-0.1, -0.05) is 13.8 Å². The molecule has 0 aromatic carbocycles. The highest BCUT2D eigenvalue weighted by Crippen LogP contribution is 2.22. The minimum atomic E-state index is 0.0244. The molecule has 0 saturated carbocycles. The Bertz CT molecular complexity index is 394. The molecule has 1 aromatic heterocycles. The maximum atomic E-state index is 11.3. The molecule has 0 spiro atoms. The predicted octanol–water partition coefficient (Wildman–Crippen LogP) is 2.67. The molecule has 1 aromatic rings. The quantitative estimate of drug-likeness (QED) is 0.893. The molecule has 4 nitrogen and oxygen atoms in total. The third-order valence-corrected chi connectivity index (χ3v) is 3.46. The first-order valence-corrected chi connectivity index (χ1v) is 6.70. The fourth-order valence-corrected chi connectivity index (χ4v) is 2.13. The first-order chi connectivity index (χ1) is 8.69. The van der Waals surface area contributed by atoms with Gasteiger partial charge < -0.3 is 10.2 Å². The van der Waals surface area contributed by atoms with Crippen LogP contribution in [0.15, 0.2) is 18.3 Å². The minimum absolute atomic E-state index is 0.0244. The lowest BCUT2D eigenvalue weighted by molar-refractivity contribution is -0.115. The Morgan fingerprint density at radius 3 is 2.72 bits per heavy atom. The molecular weight excluding hydrogens is 226 g/mol. The Labute approximate surface area is 108 Å². The molecule has 18 heavy (non-hydrogen) atoms. The summed E-state index contributed by atoms with van der Waals surface area (Å²) in [6.07, 6.45) is 4.69. The van der Waals surface area contributed by atoms with Crippen LogP contribution in [-0.2, 0) is 4.79 Å². The Morgan fingerprint density at radius 1 is 1.44 bits per heavy atom. The van der Waals surface area contributed by atoms with Crippen LogP contribution in [0, 0.1) is 5.92 Å². The Hall–Kier alpha value is -1.58. The first kappa shape index (κ1) is 12.9. The summed E-state index contributed by atoms with van der Waals surface area (Å²) >= 11 is 0. The van der Waals surface area contributed by atoms with Gasteiger partial charge in [-0.15, -0.1) is 0 Å². The third-order valence-electron chi connectivity index (χ3n) is 3.46. The lowest BCUT2D eigenvalue weighted by atomic mass is 9.99. The van der Waals surface area contributed by atoms with Crippen LogP contribution in [0.4, 0.5) is 11.5 Å². The molecule has 1 fully saturated rings. The van der Waals surface area contributed by atoms with Crippen molar-refractivity contribution >= 4 is 17.4 Å². The number of carbonyl (C=O) groups excluding carboxylic acids is 1. The zero-order valence-corrected chi connectivity index (χ0v) is 11.1. The number of piperidine rings is 1. The van der Waals surface area contributed by atoms with Crippen LogP contribution in [-0.4, -0.2) is 24.0 Å². The molecule has 4 heteroatoms. The van der Waals surface area contributed by atoms with Crippen LogP contribution >= 0.6 is 0 Å². The van der Waals surface area contributed by atoms with Crippen molar-refractivity contribution in [2.45, 2.75) is 33.1 Å². The fourth-order valence-electron chi connectivity index (χ4n) is 2.13. The third kappa shape index (κ3) is 3.22. The second-order valence-electron chi connectivity index (χ2n) is 4.98. The van der Waals surface area contributed by atoms with Crippen molar-refractivity contribution in [2.24, 2.45) is 5.92 Å². The van der Waals surface area contributed by atoms with Crippen molar-refractivity contribution in [1.29, 1.82) is 0 Å². The van der Waals surface area contributed by atoms with E-state index in [9.17, 15) is 4.79 Å². The molecule has 98 valence electrons. The lowest BCUT2D eigenvalue weighted by Gasteiger charge is -2.31. The van der Waals surface area contributed by atoms with E-state index in [-0.39, 0.29) is 5.91 Å². The summed E-state index contributed by atoms with van der Waals surface area (Å²) in [4.78, 5) is 18.0. The standard InChI is InChI=1S/C14H21N3O/c1-3-14(18)16-12-4-5-13(15-10-12)17-8-6-11(2)7-9-17/h4-5,10-11H,3,6-9H2,1-2H3,(H,16,18). The van der Waals surface area contributed by atoms with Gasteiger partial charge in [0.25, 0.3) is 0 Å². The minimum Gasteiger partial charge on any atom is -0.357 e. The summed E-state index contributed by atoms with van der Waals surface area (Å²) < 4.78 is 0. The van der Waals surface area contributed by atoms with Crippen LogP contribution in [0.1, 0.15) is 33.1 Å². The topological polar surface area (TPSA) is 45.2 Å². The predicted molar refractivity (Wildman–Crippen MR) is 73.8 cm³/mol. The number of nitrogens with one attached hydrogen (secondary N) is 1. The zero-order chi connectivity index (χ0) is 13.0. The Balaban J connectivity index is 1.97. The van der Waals surface area contributed by atoms with Crippen molar-refractivity contribution in [3.05, 3.63) is 18.3 Å². The van der Waals surface area contributed by atoms with Crippen LogP contribution in [0.2, 0.25) is 0 Å². The van der Waals surface area contributed by atoms with Gasteiger partial charge in [0.2, 0.25) is 5.91 Å². The molecule has 0 bridgehead atoms. The maximum Gasteiger partial charge on any atom is 0.224 e. The van der Waals surface area contributed by atoms with Crippen molar-refractivity contribution in [1.82, 2.24) is 4.98 Å². The second-order valence-corrected chi connectivity index (χ2v) is 4.98. The van der Waals surface area contributed by atoms with E-state index in [2.05, 4.69) is 22.1 Å². The lowest BCUT2D eigenvalue weighted by Crippen LogP contribution is -2.33. The number of hydrogen-bond acceptors (Lipinski definition) is 3. The fraction of sp³-hybridized carbons (Fsp3) is 0.571. The van der Waals surface area contributed by atoms with Gasteiger partial charge in [-0.05, 0) is 30.9 Å². The molecule has 0 aliphatic carbocycles. The normalized spacial score (nSPS) is 16.7. The molecule has 1 saturated heterocycles. The van der Waals surface area contributed by atoms with Crippen molar-refractivity contribution in [2.75, 3.05) is 23.3 Å². The van der Waals surface area contributed by atoms with Gasteiger partial charge in [0.1, 0.15) is 5.82 Å². The average molecular weight is 247 g/mol. The molecule has 1 amide bonds. The molecule has 0 unspecified atom stereocenters. The van der Waals surface area contributed by atoms with Crippen molar-refractivity contribution in [3.63, 3.8) is 0 Å². The van der Waals surface area contributed by atoms with Crippen molar-refractivity contribution in [3.8, 4) is 0 Å². The Morgan fingerprint density at radius 2 is 2.17 bits per heavy atom. The summed E-state index contributed by atoms with van der Waals surface area (Å²) in [5.74, 6) is 1.86. The van der Waals surface area contributed by atoms with Gasteiger partial charge >= 0.3 is 0 Å². The van der Waals surface area contributed by atoms with Gasteiger partial charge in [0.15, 0.2) is 0 Å². The van der Waals surface area contributed by atoms with E-state index in [4.69, 9.17) is 0 Å². The Kier molecular flexibility index (Phi) is 4.18. The van der Waals surface area contributed by atoms with Crippen molar-refractivity contribution < 1.29 is 4.79 Å². The molecule has 2 rings (SSSR count). The molecule has 2 heterocycles. The van der Waals surface area contributed by atoms with E-state index in [1.165, 1.54) is 12.8 Å². The zero-order valence-electron chi connectivity index (χ0n) is 11.1. The molecule has 0 atom stereocenters. The summed E-state index contributed by atoms with van der Waals surface area (Å²) in [7, 11) is 0. The average Bonchev–Trinajstić information content (AvgIpc) is 2.40. The highest BCUT2D eigenvalue weighted by atomic mass is 16.1. The number of rotatable bonds is 3. The number of aromatic nitrogens is 1. The number of anilines is 2. The van der Waals surface area contributed by atoms with E-state index >= 15 is 0 Å². The van der Waals surface area contributed by atoms with Crippen LogP contribution in [0.3, 0.4) is 0 Å². The number of hydrogen-bond donors (Lipinski definition) is 1. The number of pyridine rings is 1. The SMILES string of the molecule is CCC(=O)Nc1ccc(N2CCC(C)CC2)nc1. The largest absolute Gasteiger partial charge is 0.357 e. The van der Waals surface area contributed by atoms with E-state index in [1.807, 2.05) is 19.1 Å². The van der Waals surface area contributed by atoms with E-state index in [0.717, 1.165) is 30.5 Å². The van der Waals surface area contributed by atoms with E-state index in [1.54, 1.807) is 6.20 Å². The van der Waals surface area contributed by atoms with Crippen LogP contribution in [0.5, 0.6) is 0 Å². The molecule has 1 aliphatic heterocycles. The van der Waals surface area contributed by atoms with Gasteiger partial charge in [-0.2, -0.15) is 0 Å². The number of amides is 1. The number of nitrogens with zero attached hydrogens (tertiary/aromatic N) is 2. The first-order valence-electron chi connectivity index (χ1n) is 6.70. The maximum absolute atomic E-state index is 11.3. The monoisotopic (exact) mass is 247 g/mol. The van der Waals surface area contributed by atoms with Crippen LogP contribution < -0.4 is 10.2 Å². The summed E-state index contributed by atoms with van der Waals surface area (Å²) in [6.45, 7) is 6.30. The summed E-state index contributed by atoms with van der Waals surface area (Å²) in [5.41, 5.74) is 0.774. The molecular formula is C14H21N3O. The smallest absolute Gasteiger partial charge is 0.224 e. The molecule has 0 radical (unpaired) electrons. The van der Waals surface area contributed by atoms with Gasteiger partial charge in [-0.25, -0.2) is 4.98 Å². The van der Waals surface area contributed by atoms with Gasteiger partial charge in [0.05, 0.1) is 11.9 Å². The van der Waals surface area contributed by atoms with Gasteiger partial charge in [0, 0.05) is 19.5 Å². The van der Waals surface area contributed by atoms with E-state index < -0.39 is 0 Å². The number of carbonyl (C=O) groups is 1. The second kappa shape index (κ2) is 5.85. The molecule has 1 N–H and O–H groups in total. The summed E-state index contributed by atoms with van der Waals surface area (Å²) in [5, 5.41) is 2.81. The highest BCUT2D eigenvalue weighted by Gasteiger charge is 2.16. The van der Waals surface area contributed by atoms with Crippen LogP contribution in [0.25, 0.3) is 0 Å². The van der Waals surface area contributed by atoms with Gasteiger partial charge in [-0.3, -0.25) is 4.79 Å². The summed E-state index contributed by atoms with van der Waals surface area (Å²) in [6, 6.07) is 3.91.